The second-order valence-corrected chi connectivity index (χ2v) is 4.38. The van der Waals surface area contributed by atoms with Gasteiger partial charge in [0, 0.05) is 5.56 Å². The molecular weight excluding hydrogens is 276 g/mol. The fourth-order valence-electron chi connectivity index (χ4n) is 2.05. The molecule has 0 amide bonds. The van der Waals surface area contributed by atoms with Gasteiger partial charge in [0.1, 0.15) is 17.6 Å². The Hall–Kier alpha value is -2.50. The van der Waals surface area contributed by atoms with Crippen LogP contribution in [0.2, 0.25) is 0 Å². The Morgan fingerprint density at radius 2 is 1.95 bits per heavy atom. The smallest absolute Gasteiger partial charge is 0.337 e. The number of hydrogen-bond acceptors (Lipinski definition) is 6. The van der Waals surface area contributed by atoms with Crippen molar-refractivity contribution in [2.24, 2.45) is 0 Å². The second-order valence-electron chi connectivity index (χ2n) is 4.38. The SMILES string of the molecule is COC(=O)CC1Oc2ccc(OC)cc2C=C1C(=O)OC. The molecule has 6 heteroatoms. The maximum atomic E-state index is 11.9. The van der Waals surface area contributed by atoms with E-state index in [0.717, 1.165) is 0 Å². The van der Waals surface area contributed by atoms with Gasteiger partial charge in [0.2, 0.25) is 0 Å². The predicted molar refractivity (Wildman–Crippen MR) is 74.0 cm³/mol. The first-order chi connectivity index (χ1) is 10.1. The monoisotopic (exact) mass is 292 g/mol. The summed E-state index contributed by atoms with van der Waals surface area (Å²) < 4.78 is 20.2. The van der Waals surface area contributed by atoms with Gasteiger partial charge in [-0.2, -0.15) is 0 Å². The van der Waals surface area contributed by atoms with Gasteiger partial charge >= 0.3 is 11.9 Å². The fourth-order valence-corrected chi connectivity index (χ4v) is 2.05. The zero-order valence-corrected chi connectivity index (χ0v) is 12.0. The van der Waals surface area contributed by atoms with Crippen LogP contribution >= 0.6 is 0 Å². The molecule has 0 saturated heterocycles. The zero-order chi connectivity index (χ0) is 15.4. The van der Waals surface area contributed by atoms with Crippen molar-refractivity contribution in [3.05, 3.63) is 29.3 Å². The van der Waals surface area contributed by atoms with Crippen LogP contribution < -0.4 is 9.47 Å². The third-order valence-electron chi connectivity index (χ3n) is 3.14. The van der Waals surface area contributed by atoms with Crippen LogP contribution in [0.3, 0.4) is 0 Å². The minimum Gasteiger partial charge on any atom is -0.497 e. The summed E-state index contributed by atoms with van der Waals surface area (Å²) in [7, 11) is 4.11. The summed E-state index contributed by atoms with van der Waals surface area (Å²) in [6.07, 6.45) is 0.842. The second kappa shape index (κ2) is 6.30. The first kappa shape index (κ1) is 14.9. The third kappa shape index (κ3) is 3.16. The number of carbonyl (C=O) groups excluding carboxylic acids is 2. The van der Waals surface area contributed by atoms with Gasteiger partial charge in [0.15, 0.2) is 0 Å². The molecule has 0 aromatic heterocycles. The van der Waals surface area contributed by atoms with Crippen LogP contribution in [0.15, 0.2) is 23.8 Å². The molecule has 0 N–H and O–H groups in total. The van der Waals surface area contributed by atoms with Crippen LogP contribution in [0.25, 0.3) is 6.08 Å². The molecule has 0 aliphatic carbocycles. The fraction of sp³-hybridized carbons (Fsp3) is 0.333. The molecular formula is C15H16O6. The van der Waals surface area contributed by atoms with Gasteiger partial charge in [-0.05, 0) is 24.3 Å². The Morgan fingerprint density at radius 3 is 2.57 bits per heavy atom. The Kier molecular flexibility index (Phi) is 4.47. The molecule has 0 saturated carbocycles. The standard InChI is InChI=1S/C15H16O6/c1-18-10-4-5-12-9(6-10)7-11(15(17)20-3)13(21-12)8-14(16)19-2/h4-7,13H,8H2,1-3H3. The number of hydrogen-bond donors (Lipinski definition) is 0. The summed E-state index contributed by atoms with van der Waals surface area (Å²) >= 11 is 0. The Bertz CT molecular complexity index is 590. The van der Waals surface area contributed by atoms with Crippen molar-refractivity contribution < 1.29 is 28.5 Å². The summed E-state index contributed by atoms with van der Waals surface area (Å²) in [5, 5.41) is 0. The summed E-state index contributed by atoms with van der Waals surface area (Å²) in [5.41, 5.74) is 0.958. The Labute approximate surface area is 122 Å². The maximum Gasteiger partial charge on any atom is 0.337 e. The lowest BCUT2D eigenvalue weighted by Gasteiger charge is -2.25. The average Bonchev–Trinajstić information content (AvgIpc) is 2.52. The van der Waals surface area contributed by atoms with Gasteiger partial charge in [-0.15, -0.1) is 0 Å². The Morgan fingerprint density at radius 1 is 1.19 bits per heavy atom. The normalized spacial score (nSPS) is 16.1. The quantitative estimate of drug-likeness (QED) is 0.785. The van der Waals surface area contributed by atoms with Crippen LogP contribution in [-0.4, -0.2) is 39.4 Å². The molecule has 1 aromatic rings. The molecule has 112 valence electrons. The molecule has 6 nitrogen and oxygen atoms in total. The van der Waals surface area contributed by atoms with Crippen molar-refractivity contribution in [2.75, 3.05) is 21.3 Å². The first-order valence-corrected chi connectivity index (χ1v) is 6.30. The van der Waals surface area contributed by atoms with Gasteiger partial charge in [0.05, 0.1) is 33.3 Å². The van der Waals surface area contributed by atoms with Crippen molar-refractivity contribution in [1.29, 1.82) is 0 Å². The Balaban J connectivity index is 2.38. The zero-order valence-electron chi connectivity index (χ0n) is 12.0. The first-order valence-electron chi connectivity index (χ1n) is 6.30. The van der Waals surface area contributed by atoms with Gasteiger partial charge in [-0.1, -0.05) is 0 Å². The largest absolute Gasteiger partial charge is 0.497 e. The topological polar surface area (TPSA) is 71.1 Å². The van der Waals surface area contributed by atoms with E-state index >= 15 is 0 Å². The molecule has 1 unspecified atom stereocenters. The van der Waals surface area contributed by atoms with Gasteiger partial charge in [-0.25, -0.2) is 4.79 Å². The number of esters is 2. The molecule has 0 bridgehead atoms. The van der Waals surface area contributed by atoms with E-state index in [1.165, 1.54) is 14.2 Å². The van der Waals surface area contributed by atoms with E-state index in [1.807, 2.05) is 0 Å². The van der Waals surface area contributed by atoms with Crippen molar-refractivity contribution >= 4 is 18.0 Å². The van der Waals surface area contributed by atoms with Gasteiger partial charge in [-0.3, -0.25) is 4.79 Å². The van der Waals surface area contributed by atoms with Crippen molar-refractivity contribution in [1.82, 2.24) is 0 Å². The molecule has 1 heterocycles. The summed E-state index contributed by atoms with van der Waals surface area (Å²) in [6, 6.07) is 5.21. The van der Waals surface area contributed by atoms with E-state index in [4.69, 9.17) is 14.2 Å². The molecule has 0 fully saturated rings. The molecule has 1 atom stereocenters. The van der Waals surface area contributed by atoms with Crippen molar-refractivity contribution in [2.45, 2.75) is 12.5 Å². The summed E-state index contributed by atoms with van der Waals surface area (Å²) in [6.45, 7) is 0. The van der Waals surface area contributed by atoms with E-state index in [2.05, 4.69) is 4.74 Å². The average molecular weight is 292 g/mol. The lowest BCUT2D eigenvalue weighted by Crippen LogP contribution is -2.30. The molecule has 0 radical (unpaired) electrons. The highest BCUT2D eigenvalue weighted by Crippen LogP contribution is 2.34. The van der Waals surface area contributed by atoms with Crippen LogP contribution in [0.1, 0.15) is 12.0 Å². The van der Waals surface area contributed by atoms with E-state index < -0.39 is 18.0 Å². The molecule has 2 rings (SSSR count). The number of methoxy groups -OCH3 is 3. The van der Waals surface area contributed by atoms with Crippen LogP contribution in [-0.2, 0) is 19.1 Å². The highest BCUT2D eigenvalue weighted by molar-refractivity contribution is 5.97. The lowest BCUT2D eigenvalue weighted by atomic mass is 9.99. The van der Waals surface area contributed by atoms with E-state index in [9.17, 15) is 9.59 Å². The molecule has 1 aliphatic heterocycles. The molecule has 1 aliphatic rings. The minimum atomic E-state index is -0.731. The van der Waals surface area contributed by atoms with Crippen LogP contribution in [0, 0.1) is 0 Å². The van der Waals surface area contributed by atoms with Gasteiger partial charge in [0.25, 0.3) is 0 Å². The number of fused-ring (bicyclic) bond motifs is 1. The number of rotatable bonds is 4. The lowest BCUT2D eigenvalue weighted by molar-refractivity contribution is -0.142. The highest BCUT2D eigenvalue weighted by atomic mass is 16.5. The van der Waals surface area contributed by atoms with E-state index in [1.54, 1.807) is 31.4 Å². The number of benzene rings is 1. The van der Waals surface area contributed by atoms with E-state index in [0.29, 0.717) is 17.1 Å². The highest BCUT2D eigenvalue weighted by Gasteiger charge is 2.30. The number of carbonyl (C=O) groups is 2. The number of ether oxygens (including phenoxy) is 4. The molecule has 21 heavy (non-hydrogen) atoms. The predicted octanol–water partition coefficient (Wildman–Crippen LogP) is 1.58. The van der Waals surface area contributed by atoms with Crippen LogP contribution in [0.4, 0.5) is 0 Å². The minimum absolute atomic E-state index is 0.0666. The van der Waals surface area contributed by atoms with Crippen molar-refractivity contribution in [3.8, 4) is 11.5 Å². The summed E-state index contributed by atoms with van der Waals surface area (Å²) in [5.74, 6) is 0.200. The maximum absolute atomic E-state index is 11.9. The summed E-state index contributed by atoms with van der Waals surface area (Å²) in [4.78, 5) is 23.3. The van der Waals surface area contributed by atoms with E-state index in [-0.39, 0.29) is 12.0 Å². The van der Waals surface area contributed by atoms with Gasteiger partial charge < -0.3 is 18.9 Å². The third-order valence-corrected chi connectivity index (χ3v) is 3.14. The molecule has 0 spiro atoms. The van der Waals surface area contributed by atoms with Crippen molar-refractivity contribution in [3.63, 3.8) is 0 Å². The molecule has 1 aromatic carbocycles. The van der Waals surface area contributed by atoms with Crippen LogP contribution in [0.5, 0.6) is 11.5 Å².